The molecule has 0 fully saturated rings. The second kappa shape index (κ2) is 7.10. The number of hydrogen-bond donors (Lipinski definition) is 1. The van der Waals surface area contributed by atoms with Crippen molar-refractivity contribution in [3.8, 4) is 0 Å². The third kappa shape index (κ3) is 3.54. The van der Waals surface area contributed by atoms with Crippen molar-refractivity contribution < 1.29 is 14.7 Å². The zero-order chi connectivity index (χ0) is 16.2. The Hall–Kier alpha value is -1.92. The lowest BCUT2D eigenvalue weighted by atomic mass is 10.2. The lowest BCUT2D eigenvalue weighted by Crippen LogP contribution is -2.36. The minimum absolute atomic E-state index is 0.00272. The fraction of sp³-hybridized carbons (Fsp3) is 0.176. The number of aromatic carboxylic acids is 1. The van der Waals surface area contributed by atoms with E-state index in [0.717, 1.165) is 16.3 Å². The van der Waals surface area contributed by atoms with Gasteiger partial charge >= 0.3 is 5.97 Å². The maximum absolute atomic E-state index is 12.6. The molecule has 2 aromatic carbocycles. The number of rotatable bonds is 4. The van der Waals surface area contributed by atoms with Gasteiger partial charge in [0.1, 0.15) is 0 Å². The number of amides is 1. The highest BCUT2D eigenvalue weighted by molar-refractivity contribution is 8.00. The Balaban J connectivity index is 1.73. The summed E-state index contributed by atoms with van der Waals surface area (Å²) in [5, 5.41) is 9.20. The first-order chi connectivity index (χ1) is 11.2. The molecule has 0 atom stereocenters. The molecular formula is C17H15NO3S2. The molecule has 0 saturated heterocycles. The molecule has 2 aromatic rings. The van der Waals surface area contributed by atoms with Gasteiger partial charge < -0.3 is 10.0 Å². The summed E-state index contributed by atoms with van der Waals surface area (Å²) in [5.74, 6) is 0.130. The molecular weight excluding hydrogens is 330 g/mol. The number of fused-ring (bicyclic) bond motifs is 1. The second-order valence-corrected chi connectivity index (χ2v) is 7.11. The van der Waals surface area contributed by atoms with E-state index in [1.165, 1.54) is 11.8 Å². The average Bonchev–Trinajstić information content (AvgIpc) is 2.59. The zero-order valence-corrected chi connectivity index (χ0v) is 13.9. The van der Waals surface area contributed by atoms with Gasteiger partial charge in [-0.3, -0.25) is 4.79 Å². The van der Waals surface area contributed by atoms with Crippen LogP contribution in [0, 0.1) is 0 Å². The average molecular weight is 345 g/mol. The SMILES string of the molecule is O=C(O)c1ccccc1SCC(=O)N1CCSc2ccccc21. The molecule has 1 heterocycles. The van der Waals surface area contributed by atoms with Crippen molar-refractivity contribution in [3.05, 3.63) is 54.1 Å². The molecule has 23 heavy (non-hydrogen) atoms. The molecule has 6 heteroatoms. The smallest absolute Gasteiger partial charge is 0.336 e. The van der Waals surface area contributed by atoms with E-state index in [0.29, 0.717) is 11.4 Å². The van der Waals surface area contributed by atoms with Gasteiger partial charge in [0.25, 0.3) is 0 Å². The Kier molecular flexibility index (Phi) is 4.93. The van der Waals surface area contributed by atoms with Gasteiger partial charge in [-0.1, -0.05) is 24.3 Å². The van der Waals surface area contributed by atoms with Gasteiger partial charge in [-0.25, -0.2) is 4.79 Å². The maximum atomic E-state index is 12.6. The van der Waals surface area contributed by atoms with E-state index in [1.807, 2.05) is 24.3 Å². The summed E-state index contributed by atoms with van der Waals surface area (Å²) in [6.07, 6.45) is 0. The Morgan fingerprint density at radius 2 is 1.87 bits per heavy atom. The monoisotopic (exact) mass is 345 g/mol. The van der Waals surface area contributed by atoms with E-state index in [-0.39, 0.29) is 17.2 Å². The number of hydrogen-bond acceptors (Lipinski definition) is 4. The van der Waals surface area contributed by atoms with Crippen LogP contribution in [-0.2, 0) is 4.79 Å². The molecule has 0 bridgehead atoms. The van der Waals surface area contributed by atoms with Crippen molar-refractivity contribution in [1.82, 2.24) is 0 Å². The maximum Gasteiger partial charge on any atom is 0.336 e. The van der Waals surface area contributed by atoms with Crippen molar-refractivity contribution in [2.45, 2.75) is 9.79 Å². The van der Waals surface area contributed by atoms with Crippen LogP contribution < -0.4 is 4.90 Å². The van der Waals surface area contributed by atoms with E-state index in [9.17, 15) is 14.7 Å². The Morgan fingerprint density at radius 3 is 2.70 bits per heavy atom. The Bertz CT molecular complexity index is 748. The summed E-state index contributed by atoms with van der Waals surface area (Å²) >= 11 is 3.03. The number of benzene rings is 2. The molecule has 0 spiro atoms. The Morgan fingerprint density at radius 1 is 1.13 bits per heavy atom. The highest BCUT2D eigenvalue weighted by atomic mass is 32.2. The lowest BCUT2D eigenvalue weighted by molar-refractivity contribution is -0.116. The first kappa shape index (κ1) is 16.0. The number of para-hydroxylation sites is 1. The van der Waals surface area contributed by atoms with Crippen molar-refractivity contribution >= 4 is 41.1 Å². The van der Waals surface area contributed by atoms with Gasteiger partial charge in [0.15, 0.2) is 0 Å². The molecule has 1 amide bonds. The van der Waals surface area contributed by atoms with Crippen molar-refractivity contribution in [3.63, 3.8) is 0 Å². The third-order valence-corrected chi connectivity index (χ3v) is 5.60. The molecule has 0 aromatic heterocycles. The van der Waals surface area contributed by atoms with Crippen LogP contribution in [0.15, 0.2) is 58.3 Å². The van der Waals surface area contributed by atoms with E-state index in [4.69, 9.17) is 0 Å². The van der Waals surface area contributed by atoms with Crippen LogP contribution in [-0.4, -0.2) is 35.0 Å². The largest absolute Gasteiger partial charge is 0.478 e. The number of nitrogens with zero attached hydrogens (tertiary/aromatic N) is 1. The quantitative estimate of drug-likeness (QED) is 0.858. The van der Waals surface area contributed by atoms with Gasteiger partial charge in [-0.2, -0.15) is 0 Å². The van der Waals surface area contributed by atoms with Crippen LogP contribution in [0.25, 0.3) is 0 Å². The Labute approximate surface area is 142 Å². The van der Waals surface area contributed by atoms with Crippen LogP contribution in [0.3, 0.4) is 0 Å². The van der Waals surface area contributed by atoms with Gasteiger partial charge in [0.05, 0.1) is 17.0 Å². The van der Waals surface area contributed by atoms with E-state index in [2.05, 4.69) is 0 Å². The number of carboxylic acid groups (broad SMARTS) is 1. The first-order valence-electron chi connectivity index (χ1n) is 7.14. The van der Waals surface area contributed by atoms with Crippen LogP contribution in [0.2, 0.25) is 0 Å². The van der Waals surface area contributed by atoms with Gasteiger partial charge in [0.2, 0.25) is 5.91 Å². The molecule has 118 valence electrons. The molecule has 0 aliphatic carbocycles. The number of carbonyl (C=O) groups excluding carboxylic acids is 1. The zero-order valence-electron chi connectivity index (χ0n) is 12.3. The molecule has 1 aliphatic heterocycles. The van der Waals surface area contributed by atoms with Gasteiger partial charge in [-0.15, -0.1) is 23.5 Å². The first-order valence-corrected chi connectivity index (χ1v) is 9.11. The van der Waals surface area contributed by atoms with Crippen LogP contribution in [0.1, 0.15) is 10.4 Å². The second-order valence-electron chi connectivity index (χ2n) is 4.95. The normalized spacial score (nSPS) is 13.5. The lowest BCUT2D eigenvalue weighted by Gasteiger charge is -2.28. The van der Waals surface area contributed by atoms with E-state index in [1.54, 1.807) is 40.9 Å². The molecule has 1 N–H and O–H groups in total. The predicted octanol–water partition coefficient (Wildman–Crippen LogP) is 3.62. The van der Waals surface area contributed by atoms with Crippen LogP contribution >= 0.6 is 23.5 Å². The molecule has 0 saturated carbocycles. The van der Waals surface area contributed by atoms with Gasteiger partial charge in [0, 0.05) is 22.1 Å². The number of carboxylic acids is 1. The van der Waals surface area contributed by atoms with Crippen molar-refractivity contribution in [2.75, 3.05) is 23.0 Å². The topological polar surface area (TPSA) is 57.6 Å². The molecule has 4 nitrogen and oxygen atoms in total. The fourth-order valence-electron chi connectivity index (χ4n) is 2.42. The summed E-state index contributed by atoms with van der Waals surface area (Å²) in [6, 6.07) is 14.6. The summed E-state index contributed by atoms with van der Waals surface area (Å²) in [5.41, 5.74) is 1.18. The molecule has 0 unspecified atom stereocenters. The number of anilines is 1. The molecule has 3 rings (SSSR count). The predicted molar refractivity (Wildman–Crippen MR) is 93.6 cm³/mol. The van der Waals surface area contributed by atoms with E-state index < -0.39 is 5.97 Å². The fourth-order valence-corrected chi connectivity index (χ4v) is 4.33. The summed E-state index contributed by atoms with van der Waals surface area (Å²) in [4.78, 5) is 27.3. The molecule has 1 aliphatic rings. The number of thioether (sulfide) groups is 2. The summed E-state index contributed by atoms with van der Waals surface area (Å²) < 4.78 is 0. The van der Waals surface area contributed by atoms with Crippen molar-refractivity contribution in [1.29, 1.82) is 0 Å². The standard InChI is InChI=1S/C17H15NO3S2/c19-16(11-23-14-7-3-1-5-12(14)17(20)21)18-9-10-22-15-8-4-2-6-13(15)18/h1-8H,9-11H2,(H,20,21). The number of carbonyl (C=O) groups is 2. The van der Waals surface area contributed by atoms with Crippen LogP contribution in [0.5, 0.6) is 0 Å². The van der Waals surface area contributed by atoms with Crippen LogP contribution in [0.4, 0.5) is 5.69 Å². The summed E-state index contributed by atoms with van der Waals surface area (Å²) in [6.45, 7) is 0.682. The minimum Gasteiger partial charge on any atom is -0.478 e. The third-order valence-electron chi connectivity index (χ3n) is 3.50. The van der Waals surface area contributed by atoms with Gasteiger partial charge in [-0.05, 0) is 24.3 Å². The molecule has 0 radical (unpaired) electrons. The van der Waals surface area contributed by atoms with Crippen molar-refractivity contribution in [2.24, 2.45) is 0 Å². The highest BCUT2D eigenvalue weighted by Crippen LogP contribution is 2.35. The minimum atomic E-state index is -0.972. The summed E-state index contributed by atoms with van der Waals surface area (Å²) in [7, 11) is 0. The van der Waals surface area contributed by atoms with E-state index >= 15 is 0 Å². The highest BCUT2D eigenvalue weighted by Gasteiger charge is 2.23.